The summed E-state index contributed by atoms with van der Waals surface area (Å²) in [6.07, 6.45) is -14.9. The largest absolute Gasteiger partial charge is 0.503 e. The summed E-state index contributed by atoms with van der Waals surface area (Å²) in [5.74, 6) is 0. The van der Waals surface area contributed by atoms with E-state index in [2.05, 4.69) is 6.58 Å². The first-order valence-corrected chi connectivity index (χ1v) is 3.56. The van der Waals surface area contributed by atoms with Crippen LogP contribution in [0.1, 0.15) is 0 Å². The maximum atomic E-state index is 12.1. The lowest BCUT2D eigenvalue weighted by Crippen LogP contribution is -2.25. The minimum Gasteiger partial charge on any atom is -0.450 e. The highest BCUT2D eigenvalue weighted by Gasteiger charge is 2.33. The summed E-state index contributed by atoms with van der Waals surface area (Å²) >= 11 is 0. The number of carboxylic acid groups (broad SMARTS) is 2. The van der Waals surface area contributed by atoms with Crippen LogP contribution in [0.25, 0.3) is 0 Å². The molecule has 16 heavy (non-hydrogen) atoms. The molecule has 9 heteroatoms. The predicted octanol–water partition coefficient (Wildman–Crippen LogP) is 2.97. The van der Waals surface area contributed by atoms with Crippen LogP contribution in [-0.4, -0.2) is 41.6 Å². The van der Waals surface area contributed by atoms with Crippen LogP contribution in [0, 0.1) is 0 Å². The molecular formula is C7H8F6O3. The Morgan fingerprint density at radius 2 is 1.06 bits per heavy atom. The molecule has 0 fully saturated rings. The lowest BCUT2D eigenvalue weighted by atomic mass is 10.1. The van der Waals surface area contributed by atoms with Crippen molar-refractivity contribution in [2.75, 3.05) is 0 Å². The molecule has 2 N–H and O–H groups in total. The second-order valence-corrected chi connectivity index (χ2v) is 2.33. The zero-order valence-electron chi connectivity index (χ0n) is 7.59. The zero-order chi connectivity index (χ0) is 13.5. The predicted molar refractivity (Wildman–Crippen MR) is 41.6 cm³/mol. The van der Waals surface area contributed by atoms with Gasteiger partial charge in [0.05, 0.1) is 0 Å². The number of hydrogen-bond donors (Lipinski definition) is 2. The lowest BCUT2D eigenvalue weighted by Gasteiger charge is -2.13. The van der Waals surface area contributed by atoms with Crippen molar-refractivity contribution < 1.29 is 41.4 Å². The highest BCUT2D eigenvalue weighted by molar-refractivity contribution is 5.53. The van der Waals surface area contributed by atoms with Crippen LogP contribution in [0.15, 0.2) is 12.2 Å². The van der Waals surface area contributed by atoms with E-state index in [0.717, 1.165) is 0 Å². The van der Waals surface area contributed by atoms with E-state index in [0.29, 0.717) is 0 Å². The maximum Gasteiger partial charge on any atom is 0.503 e. The zero-order valence-corrected chi connectivity index (χ0v) is 7.59. The van der Waals surface area contributed by atoms with Crippen LogP contribution in [0.3, 0.4) is 0 Å². The topological polar surface area (TPSA) is 57.5 Å². The first-order chi connectivity index (χ1) is 7.11. The summed E-state index contributed by atoms with van der Waals surface area (Å²) in [5, 5.41) is 13.9. The smallest absolute Gasteiger partial charge is 0.450 e. The van der Waals surface area contributed by atoms with Gasteiger partial charge >= 0.3 is 6.16 Å². The fraction of sp³-hybridized carbons (Fsp3) is 0.571. The molecule has 0 bridgehead atoms. The highest BCUT2D eigenvalue weighted by atomic mass is 19.3. The number of halogens is 6. The fourth-order valence-corrected chi connectivity index (χ4v) is 0.476. The molecule has 96 valence electrons. The van der Waals surface area contributed by atoms with Gasteiger partial charge in [-0.1, -0.05) is 6.58 Å². The van der Waals surface area contributed by atoms with E-state index in [-0.39, 0.29) is 0 Å². The van der Waals surface area contributed by atoms with Gasteiger partial charge in [-0.05, 0) is 0 Å². The molecule has 0 aliphatic heterocycles. The van der Waals surface area contributed by atoms with E-state index in [1.165, 1.54) is 0 Å². The number of alkyl halides is 6. The second-order valence-electron chi connectivity index (χ2n) is 2.33. The third-order valence-corrected chi connectivity index (χ3v) is 1.15. The Balaban J connectivity index is 0. The number of carbonyl (C=O) groups is 1. The second kappa shape index (κ2) is 7.83. The van der Waals surface area contributed by atoms with Crippen molar-refractivity contribution >= 4 is 6.16 Å². The van der Waals surface area contributed by atoms with Gasteiger partial charge in [-0.3, -0.25) is 0 Å². The molecule has 0 aliphatic carbocycles. The Bertz CT molecular complexity index is 212. The van der Waals surface area contributed by atoms with Crippen LogP contribution < -0.4 is 0 Å². The average Bonchev–Trinajstić information content (AvgIpc) is 2.13. The van der Waals surface area contributed by atoms with Crippen molar-refractivity contribution in [3.63, 3.8) is 0 Å². The van der Waals surface area contributed by atoms with Gasteiger partial charge in [-0.2, -0.15) is 0 Å². The summed E-state index contributed by atoms with van der Waals surface area (Å²) in [5.41, 5.74) is -1.42. The number of allylic oxidation sites excluding steroid dienone is 1. The standard InChI is InChI=1S/C6H6F6.CH2O3/c1-2(3(7)5(9)10)4(8)6(11)12;2-1(3)4/h3-6H,1H2;(H2,2,3,4). The molecule has 2 atom stereocenters. The van der Waals surface area contributed by atoms with Crippen LogP contribution in [-0.2, 0) is 0 Å². The maximum absolute atomic E-state index is 12.1. The van der Waals surface area contributed by atoms with Crippen LogP contribution in [0.2, 0.25) is 0 Å². The number of rotatable bonds is 4. The van der Waals surface area contributed by atoms with Crippen LogP contribution in [0.5, 0.6) is 0 Å². The Kier molecular flexibility index (Phi) is 8.32. The van der Waals surface area contributed by atoms with Crippen molar-refractivity contribution in [3.05, 3.63) is 12.2 Å². The Labute approximate surface area is 86.0 Å². The fourth-order valence-electron chi connectivity index (χ4n) is 0.476. The third kappa shape index (κ3) is 7.94. The summed E-state index contributed by atoms with van der Waals surface area (Å²) in [4.78, 5) is 8.56. The van der Waals surface area contributed by atoms with Gasteiger partial charge in [0, 0.05) is 5.57 Å². The first-order valence-electron chi connectivity index (χ1n) is 3.56. The van der Waals surface area contributed by atoms with Crippen molar-refractivity contribution in [1.29, 1.82) is 0 Å². The molecule has 0 amide bonds. The van der Waals surface area contributed by atoms with E-state index < -0.39 is 36.9 Å². The first kappa shape index (κ1) is 17.0. The van der Waals surface area contributed by atoms with Crippen molar-refractivity contribution in [1.82, 2.24) is 0 Å². The molecule has 3 nitrogen and oxygen atoms in total. The lowest BCUT2D eigenvalue weighted by molar-refractivity contribution is 0.0297. The summed E-state index contributed by atoms with van der Waals surface area (Å²) in [7, 11) is 0. The Morgan fingerprint density at radius 3 is 1.19 bits per heavy atom. The molecule has 0 saturated heterocycles. The molecule has 0 rings (SSSR count). The van der Waals surface area contributed by atoms with Gasteiger partial charge in [0.1, 0.15) is 0 Å². The van der Waals surface area contributed by atoms with Crippen LogP contribution in [0.4, 0.5) is 31.1 Å². The molecular weight excluding hydrogens is 246 g/mol. The van der Waals surface area contributed by atoms with E-state index in [1.54, 1.807) is 0 Å². The normalized spacial score (nSPS) is 14.0. The average molecular weight is 254 g/mol. The van der Waals surface area contributed by atoms with Gasteiger partial charge in [-0.15, -0.1) is 0 Å². The van der Waals surface area contributed by atoms with E-state index in [1.807, 2.05) is 0 Å². The summed E-state index contributed by atoms with van der Waals surface area (Å²) in [6, 6.07) is 0. The van der Waals surface area contributed by atoms with Gasteiger partial charge in [0.2, 0.25) is 0 Å². The SMILES string of the molecule is C=C(C(F)C(F)F)C(F)C(F)F.O=C(O)O. The molecule has 2 unspecified atom stereocenters. The van der Waals surface area contributed by atoms with Crippen molar-refractivity contribution in [3.8, 4) is 0 Å². The van der Waals surface area contributed by atoms with Gasteiger partial charge < -0.3 is 10.2 Å². The minimum atomic E-state index is -3.52. The molecule has 0 saturated carbocycles. The molecule has 0 heterocycles. The summed E-state index contributed by atoms with van der Waals surface area (Å²) < 4.78 is 70.0. The molecule has 0 aromatic heterocycles. The van der Waals surface area contributed by atoms with E-state index in [4.69, 9.17) is 15.0 Å². The van der Waals surface area contributed by atoms with E-state index in [9.17, 15) is 26.3 Å². The van der Waals surface area contributed by atoms with Crippen molar-refractivity contribution in [2.24, 2.45) is 0 Å². The minimum absolute atomic E-state index is 1.42. The van der Waals surface area contributed by atoms with Gasteiger partial charge in [0.25, 0.3) is 12.9 Å². The monoisotopic (exact) mass is 254 g/mol. The third-order valence-electron chi connectivity index (χ3n) is 1.15. The summed E-state index contributed by atoms with van der Waals surface area (Å²) in [6.45, 7) is 2.49. The van der Waals surface area contributed by atoms with Crippen molar-refractivity contribution in [2.45, 2.75) is 25.2 Å². The quantitative estimate of drug-likeness (QED) is 0.599. The van der Waals surface area contributed by atoms with Gasteiger partial charge in [-0.25, -0.2) is 31.1 Å². The molecule has 0 aliphatic rings. The van der Waals surface area contributed by atoms with E-state index >= 15 is 0 Å². The Hall–Kier alpha value is -1.41. The molecule has 0 aromatic rings. The molecule has 0 aromatic carbocycles. The highest BCUT2D eigenvalue weighted by Crippen LogP contribution is 2.22. The number of hydrogen-bond acceptors (Lipinski definition) is 1. The molecule has 0 radical (unpaired) electrons. The Morgan fingerprint density at radius 1 is 0.875 bits per heavy atom. The molecule has 0 spiro atoms. The van der Waals surface area contributed by atoms with Gasteiger partial charge in [0.15, 0.2) is 12.3 Å². The van der Waals surface area contributed by atoms with Crippen LogP contribution >= 0.6 is 0 Å².